The molecule has 2 aliphatic carbocycles. The summed E-state index contributed by atoms with van der Waals surface area (Å²) in [6.45, 7) is 1.03. The molecule has 3 unspecified atom stereocenters. The van der Waals surface area contributed by atoms with E-state index in [0.717, 1.165) is 24.3 Å². The average Bonchev–Trinajstić information content (AvgIpc) is 3.09. The molecule has 0 aliphatic heterocycles. The van der Waals surface area contributed by atoms with Crippen LogP contribution in [-0.2, 0) is 0 Å². The predicted molar refractivity (Wildman–Crippen MR) is 78.1 cm³/mol. The van der Waals surface area contributed by atoms with Crippen molar-refractivity contribution in [1.82, 2.24) is 15.0 Å². The molecule has 1 N–H and O–H groups in total. The number of fused-ring (bicyclic) bond motifs is 2. The molecule has 1 aromatic rings. The third kappa shape index (κ3) is 2.51. The van der Waals surface area contributed by atoms with E-state index in [-0.39, 0.29) is 0 Å². The number of nitrogens with one attached hydrogen (secondary N) is 1. The lowest BCUT2D eigenvalue weighted by atomic mass is 9.88. The van der Waals surface area contributed by atoms with Crippen molar-refractivity contribution in [3.05, 3.63) is 0 Å². The molecule has 0 spiro atoms. The van der Waals surface area contributed by atoms with Crippen molar-refractivity contribution in [3.8, 4) is 6.01 Å². The Morgan fingerprint density at radius 2 is 2.10 bits per heavy atom. The van der Waals surface area contributed by atoms with E-state index >= 15 is 0 Å². The van der Waals surface area contributed by atoms with Crippen molar-refractivity contribution in [3.63, 3.8) is 0 Å². The monoisotopic (exact) mass is 277 g/mol. The van der Waals surface area contributed by atoms with E-state index in [2.05, 4.69) is 32.2 Å². The Hall–Kier alpha value is -1.59. The summed E-state index contributed by atoms with van der Waals surface area (Å²) in [7, 11) is 5.43. The molecule has 0 saturated heterocycles. The Bertz CT molecular complexity index is 458. The van der Waals surface area contributed by atoms with Gasteiger partial charge in [0.25, 0.3) is 0 Å². The first-order valence-corrected chi connectivity index (χ1v) is 7.38. The van der Waals surface area contributed by atoms with Gasteiger partial charge in [-0.15, -0.1) is 0 Å². The Balaban J connectivity index is 1.71. The van der Waals surface area contributed by atoms with Gasteiger partial charge in [-0.2, -0.15) is 15.0 Å². The maximum atomic E-state index is 5.14. The SMILES string of the molecule is CNc1nc(OC)nc(N(C)CC2CC3CCC2C3)n1. The van der Waals surface area contributed by atoms with Gasteiger partial charge in [0.1, 0.15) is 0 Å². The van der Waals surface area contributed by atoms with E-state index in [4.69, 9.17) is 4.74 Å². The van der Waals surface area contributed by atoms with Gasteiger partial charge in [0.2, 0.25) is 11.9 Å². The molecule has 3 rings (SSSR count). The van der Waals surface area contributed by atoms with E-state index in [1.165, 1.54) is 25.7 Å². The molecule has 2 fully saturated rings. The van der Waals surface area contributed by atoms with Crippen molar-refractivity contribution < 1.29 is 4.74 Å². The van der Waals surface area contributed by atoms with Gasteiger partial charge >= 0.3 is 6.01 Å². The first-order valence-electron chi connectivity index (χ1n) is 7.38. The third-order valence-electron chi connectivity index (χ3n) is 4.74. The molecule has 6 nitrogen and oxygen atoms in total. The number of aromatic nitrogens is 3. The Labute approximate surface area is 120 Å². The molecule has 3 atom stereocenters. The second kappa shape index (κ2) is 5.42. The molecule has 1 aromatic heterocycles. The summed E-state index contributed by atoms with van der Waals surface area (Å²) in [5, 5.41) is 2.95. The number of methoxy groups -OCH3 is 1. The molecule has 2 bridgehead atoms. The van der Waals surface area contributed by atoms with Gasteiger partial charge < -0.3 is 15.0 Å². The van der Waals surface area contributed by atoms with E-state index in [9.17, 15) is 0 Å². The lowest BCUT2D eigenvalue weighted by Crippen LogP contribution is -2.30. The van der Waals surface area contributed by atoms with Crippen LogP contribution in [-0.4, -0.2) is 42.7 Å². The minimum atomic E-state index is 0.360. The quantitative estimate of drug-likeness (QED) is 0.885. The number of rotatable bonds is 5. The number of ether oxygens (including phenoxy) is 1. The lowest BCUT2D eigenvalue weighted by Gasteiger charge is -2.27. The fourth-order valence-corrected chi connectivity index (χ4v) is 3.75. The lowest BCUT2D eigenvalue weighted by molar-refractivity contribution is 0.335. The summed E-state index contributed by atoms with van der Waals surface area (Å²) < 4.78 is 5.14. The molecular formula is C14H23N5O. The summed E-state index contributed by atoms with van der Waals surface area (Å²) in [6, 6.07) is 0.360. The van der Waals surface area contributed by atoms with E-state index in [1.807, 2.05) is 0 Å². The third-order valence-corrected chi connectivity index (χ3v) is 4.74. The van der Waals surface area contributed by atoms with E-state index in [0.29, 0.717) is 17.9 Å². The molecule has 20 heavy (non-hydrogen) atoms. The van der Waals surface area contributed by atoms with Crippen LogP contribution < -0.4 is 15.0 Å². The second-order valence-electron chi connectivity index (χ2n) is 6.01. The molecule has 2 saturated carbocycles. The van der Waals surface area contributed by atoms with Gasteiger partial charge in [-0.05, 0) is 37.0 Å². The fourth-order valence-electron chi connectivity index (χ4n) is 3.75. The normalized spacial score (nSPS) is 27.6. The second-order valence-corrected chi connectivity index (χ2v) is 6.01. The van der Waals surface area contributed by atoms with Crippen LogP contribution in [0, 0.1) is 17.8 Å². The first-order chi connectivity index (χ1) is 9.69. The van der Waals surface area contributed by atoms with Gasteiger partial charge in [-0.1, -0.05) is 6.42 Å². The summed E-state index contributed by atoms with van der Waals surface area (Å²) in [4.78, 5) is 15.0. The average molecular weight is 277 g/mol. The van der Waals surface area contributed by atoms with Crippen molar-refractivity contribution in [2.24, 2.45) is 17.8 Å². The van der Waals surface area contributed by atoms with Gasteiger partial charge in [0.05, 0.1) is 7.11 Å². The fraction of sp³-hybridized carbons (Fsp3) is 0.786. The summed E-state index contributed by atoms with van der Waals surface area (Å²) in [5.41, 5.74) is 0. The van der Waals surface area contributed by atoms with Crippen molar-refractivity contribution in [2.75, 3.05) is 38.0 Å². The highest BCUT2D eigenvalue weighted by atomic mass is 16.5. The largest absolute Gasteiger partial charge is 0.467 e. The number of anilines is 2. The Morgan fingerprint density at radius 1 is 1.25 bits per heavy atom. The predicted octanol–water partition coefficient (Wildman–Crippen LogP) is 1.79. The van der Waals surface area contributed by atoms with Crippen LogP contribution in [0.1, 0.15) is 25.7 Å². The maximum absolute atomic E-state index is 5.14. The smallest absolute Gasteiger partial charge is 0.322 e. The molecule has 0 aromatic carbocycles. The summed E-state index contributed by atoms with van der Waals surface area (Å²) in [6.07, 6.45) is 5.65. The zero-order chi connectivity index (χ0) is 14.1. The van der Waals surface area contributed by atoms with Gasteiger partial charge in [0, 0.05) is 20.6 Å². The maximum Gasteiger partial charge on any atom is 0.322 e. The number of nitrogens with zero attached hydrogens (tertiary/aromatic N) is 4. The molecule has 1 heterocycles. The Kier molecular flexibility index (Phi) is 3.63. The zero-order valence-corrected chi connectivity index (χ0v) is 12.5. The van der Waals surface area contributed by atoms with Gasteiger partial charge in [0.15, 0.2) is 0 Å². The minimum absolute atomic E-state index is 0.360. The van der Waals surface area contributed by atoms with Gasteiger partial charge in [-0.3, -0.25) is 0 Å². The van der Waals surface area contributed by atoms with Crippen molar-refractivity contribution in [2.45, 2.75) is 25.7 Å². The van der Waals surface area contributed by atoms with E-state index < -0.39 is 0 Å². The highest BCUT2D eigenvalue weighted by molar-refractivity contribution is 5.37. The van der Waals surface area contributed by atoms with Crippen LogP contribution in [0.2, 0.25) is 0 Å². The zero-order valence-electron chi connectivity index (χ0n) is 12.5. The Morgan fingerprint density at radius 3 is 2.70 bits per heavy atom. The van der Waals surface area contributed by atoms with Crippen LogP contribution in [0.25, 0.3) is 0 Å². The molecule has 110 valence electrons. The highest BCUT2D eigenvalue weighted by Crippen LogP contribution is 2.48. The standard InChI is InChI=1S/C14H23N5O/c1-15-12-16-13(18-14(17-12)20-3)19(2)8-11-7-9-4-5-10(11)6-9/h9-11H,4-8H2,1-3H3,(H,15,16,17,18). The molecule has 2 aliphatic rings. The van der Waals surface area contributed by atoms with E-state index in [1.54, 1.807) is 14.2 Å². The molecule has 0 amide bonds. The topological polar surface area (TPSA) is 63.2 Å². The molecular weight excluding hydrogens is 254 g/mol. The summed E-state index contributed by atoms with van der Waals surface area (Å²) >= 11 is 0. The van der Waals surface area contributed by atoms with Crippen LogP contribution in [0.15, 0.2) is 0 Å². The summed E-state index contributed by atoms with van der Waals surface area (Å²) in [5.74, 6) is 3.91. The van der Waals surface area contributed by atoms with Crippen LogP contribution in [0.4, 0.5) is 11.9 Å². The molecule has 0 radical (unpaired) electrons. The van der Waals surface area contributed by atoms with Crippen molar-refractivity contribution >= 4 is 11.9 Å². The van der Waals surface area contributed by atoms with Crippen LogP contribution >= 0.6 is 0 Å². The number of hydrogen-bond donors (Lipinski definition) is 1. The first kappa shape index (κ1) is 13.4. The number of hydrogen-bond acceptors (Lipinski definition) is 6. The van der Waals surface area contributed by atoms with Crippen LogP contribution in [0.3, 0.4) is 0 Å². The molecule has 6 heteroatoms. The highest BCUT2D eigenvalue weighted by Gasteiger charge is 2.39. The van der Waals surface area contributed by atoms with Gasteiger partial charge in [-0.25, -0.2) is 0 Å². The van der Waals surface area contributed by atoms with Crippen LogP contribution in [0.5, 0.6) is 6.01 Å². The minimum Gasteiger partial charge on any atom is -0.467 e. The van der Waals surface area contributed by atoms with Crippen molar-refractivity contribution in [1.29, 1.82) is 0 Å².